The number of hydrogen-bond donors (Lipinski definition) is 2. The number of carbonyl (C=O) groups is 3. The second-order valence-electron chi connectivity index (χ2n) is 9.13. The van der Waals surface area contributed by atoms with Crippen LogP contribution in [0.2, 0.25) is 0 Å². The quantitative estimate of drug-likeness (QED) is 0.625. The lowest BCUT2D eigenvalue weighted by molar-refractivity contribution is -0.146. The van der Waals surface area contributed by atoms with Gasteiger partial charge in [0, 0.05) is 37.4 Å². The topological polar surface area (TPSA) is 108 Å². The number of hydrogen-bond acceptors (Lipinski definition) is 6. The van der Waals surface area contributed by atoms with E-state index in [1.54, 1.807) is 47.4 Å². The first kappa shape index (κ1) is 24.9. The molecule has 9 heteroatoms. The Morgan fingerprint density at radius 2 is 1.65 bits per heavy atom. The predicted octanol–water partition coefficient (Wildman–Crippen LogP) is 3.27. The van der Waals surface area contributed by atoms with E-state index in [0.29, 0.717) is 37.5 Å². The molecular formula is C25H31N3O6. The van der Waals surface area contributed by atoms with Crippen LogP contribution in [-0.4, -0.2) is 66.0 Å². The van der Waals surface area contributed by atoms with Crippen molar-refractivity contribution in [2.24, 2.45) is 0 Å². The van der Waals surface area contributed by atoms with Crippen LogP contribution in [-0.2, 0) is 9.53 Å². The van der Waals surface area contributed by atoms with Gasteiger partial charge in [0.05, 0.1) is 0 Å². The number of ether oxygens (including phenoxy) is 2. The van der Waals surface area contributed by atoms with E-state index >= 15 is 0 Å². The Labute approximate surface area is 199 Å². The summed E-state index contributed by atoms with van der Waals surface area (Å²) in [7, 11) is 0. The van der Waals surface area contributed by atoms with Crippen LogP contribution in [0, 0.1) is 6.92 Å². The number of nitrogens with zero attached hydrogens (tertiary/aromatic N) is 2. The van der Waals surface area contributed by atoms with E-state index in [1.165, 1.54) is 0 Å². The van der Waals surface area contributed by atoms with Crippen LogP contribution in [0.5, 0.6) is 5.75 Å². The Balaban J connectivity index is 1.57. The molecule has 0 aliphatic carbocycles. The highest BCUT2D eigenvalue weighted by molar-refractivity contribution is 5.96. The van der Waals surface area contributed by atoms with Crippen molar-refractivity contribution in [3.05, 3.63) is 59.7 Å². The van der Waals surface area contributed by atoms with Crippen molar-refractivity contribution in [1.29, 1.82) is 0 Å². The minimum Gasteiger partial charge on any atom is -0.477 e. The van der Waals surface area contributed by atoms with Crippen LogP contribution in [0.3, 0.4) is 0 Å². The highest BCUT2D eigenvalue weighted by atomic mass is 16.6. The molecule has 3 rings (SSSR count). The zero-order chi connectivity index (χ0) is 24.9. The fourth-order valence-corrected chi connectivity index (χ4v) is 3.47. The lowest BCUT2D eigenvalue weighted by atomic mass is 10.1. The smallest absolute Gasteiger partial charge is 0.410 e. The molecule has 1 aliphatic heterocycles. The number of aryl methyl sites for hydroxylation is 1. The van der Waals surface area contributed by atoms with E-state index in [1.807, 2.05) is 33.8 Å². The number of benzene rings is 2. The molecular weight excluding hydrogens is 438 g/mol. The summed E-state index contributed by atoms with van der Waals surface area (Å²) in [6.45, 7) is 9.72. The van der Waals surface area contributed by atoms with Crippen molar-refractivity contribution >= 4 is 23.7 Å². The Morgan fingerprint density at radius 1 is 1.00 bits per heavy atom. The molecule has 1 fully saturated rings. The van der Waals surface area contributed by atoms with Crippen molar-refractivity contribution in [2.75, 3.05) is 31.1 Å². The zero-order valence-corrected chi connectivity index (χ0v) is 19.9. The van der Waals surface area contributed by atoms with Gasteiger partial charge in [-0.3, -0.25) is 4.79 Å². The molecule has 0 saturated carbocycles. The molecule has 1 atom stereocenters. The van der Waals surface area contributed by atoms with Crippen molar-refractivity contribution in [2.45, 2.75) is 39.5 Å². The highest BCUT2D eigenvalue weighted by Gasteiger charge is 2.26. The Bertz CT molecular complexity index is 1020. The van der Waals surface area contributed by atoms with Gasteiger partial charge < -0.3 is 29.7 Å². The van der Waals surface area contributed by atoms with Gasteiger partial charge in [-0.25, -0.2) is 9.59 Å². The Morgan fingerprint density at radius 3 is 2.21 bits per heavy atom. The molecule has 0 spiro atoms. The lowest BCUT2D eigenvalue weighted by Crippen LogP contribution is -2.50. The van der Waals surface area contributed by atoms with Gasteiger partial charge in [-0.05, 0) is 69.7 Å². The molecule has 2 N–H and O–H groups in total. The van der Waals surface area contributed by atoms with Crippen LogP contribution in [0.1, 0.15) is 36.7 Å². The number of carbonyl (C=O) groups excluding carboxylic acids is 2. The number of nitrogens with one attached hydrogen (secondary N) is 1. The number of piperazine rings is 1. The van der Waals surface area contributed by atoms with Gasteiger partial charge in [0.25, 0.3) is 12.1 Å². The minimum atomic E-state index is -1.52. The average Bonchev–Trinajstić information content (AvgIpc) is 2.77. The molecule has 2 amide bonds. The van der Waals surface area contributed by atoms with Crippen molar-refractivity contribution in [1.82, 2.24) is 10.2 Å². The average molecular weight is 470 g/mol. The largest absolute Gasteiger partial charge is 0.477 e. The molecule has 0 aromatic heterocycles. The van der Waals surface area contributed by atoms with Crippen LogP contribution in [0.15, 0.2) is 48.5 Å². The Kier molecular flexibility index (Phi) is 7.65. The van der Waals surface area contributed by atoms with Crippen molar-refractivity contribution in [3.63, 3.8) is 0 Å². The molecule has 182 valence electrons. The maximum atomic E-state index is 12.6. The monoisotopic (exact) mass is 469 g/mol. The van der Waals surface area contributed by atoms with Crippen molar-refractivity contribution in [3.8, 4) is 5.75 Å². The minimum absolute atomic E-state index is 0.315. The van der Waals surface area contributed by atoms with Gasteiger partial charge in [0.1, 0.15) is 11.4 Å². The number of rotatable bonds is 6. The van der Waals surface area contributed by atoms with Gasteiger partial charge in [-0.1, -0.05) is 12.1 Å². The van der Waals surface area contributed by atoms with E-state index in [-0.39, 0.29) is 6.09 Å². The fourth-order valence-electron chi connectivity index (χ4n) is 3.47. The van der Waals surface area contributed by atoms with Gasteiger partial charge in [-0.2, -0.15) is 0 Å². The SMILES string of the molecule is Cc1cccc(OC(NC(=O)c2ccc(N3CCN(C(=O)OC(C)(C)C)CC3)cc2)C(=O)O)c1. The highest BCUT2D eigenvalue weighted by Crippen LogP contribution is 2.19. The fraction of sp³-hybridized carbons (Fsp3) is 0.400. The summed E-state index contributed by atoms with van der Waals surface area (Å²) >= 11 is 0. The van der Waals surface area contributed by atoms with Gasteiger partial charge >= 0.3 is 12.1 Å². The first-order valence-electron chi connectivity index (χ1n) is 11.1. The molecule has 1 heterocycles. The summed E-state index contributed by atoms with van der Waals surface area (Å²) in [4.78, 5) is 40.2. The van der Waals surface area contributed by atoms with Gasteiger partial charge in [0.2, 0.25) is 0 Å². The molecule has 9 nitrogen and oxygen atoms in total. The van der Waals surface area contributed by atoms with Crippen LogP contribution >= 0.6 is 0 Å². The number of aliphatic carboxylic acids is 1. The van der Waals surface area contributed by atoms with E-state index < -0.39 is 23.7 Å². The molecule has 1 unspecified atom stereocenters. The number of amides is 2. The summed E-state index contributed by atoms with van der Waals surface area (Å²) in [5.74, 6) is -1.50. The second kappa shape index (κ2) is 10.5. The maximum Gasteiger partial charge on any atom is 0.410 e. The van der Waals surface area contributed by atoms with Crippen LogP contribution in [0.4, 0.5) is 10.5 Å². The summed E-state index contributed by atoms with van der Waals surface area (Å²) in [5.41, 5.74) is 1.60. The number of carboxylic acid groups (broad SMARTS) is 1. The zero-order valence-electron chi connectivity index (χ0n) is 19.9. The van der Waals surface area contributed by atoms with E-state index in [2.05, 4.69) is 10.2 Å². The molecule has 2 aromatic carbocycles. The van der Waals surface area contributed by atoms with Crippen LogP contribution < -0.4 is 15.0 Å². The molecule has 1 saturated heterocycles. The van der Waals surface area contributed by atoms with Gasteiger partial charge in [-0.15, -0.1) is 0 Å². The molecule has 34 heavy (non-hydrogen) atoms. The first-order chi connectivity index (χ1) is 16.0. The summed E-state index contributed by atoms with van der Waals surface area (Å²) in [6.07, 6.45) is -1.84. The standard InChI is InChI=1S/C25H31N3O6/c1-17-6-5-7-20(16-17)33-22(23(30)31)26-21(29)18-8-10-19(11-9-18)27-12-14-28(15-13-27)24(32)34-25(2,3)4/h5-11,16,22H,12-15H2,1-4H3,(H,26,29)(H,30,31). The van der Waals surface area contributed by atoms with E-state index in [9.17, 15) is 19.5 Å². The normalized spacial score (nSPS) is 14.8. The lowest BCUT2D eigenvalue weighted by Gasteiger charge is -2.36. The Hall–Kier alpha value is -3.75. The summed E-state index contributed by atoms with van der Waals surface area (Å²) in [5, 5.41) is 11.9. The van der Waals surface area contributed by atoms with Crippen molar-refractivity contribution < 1.29 is 29.0 Å². The number of anilines is 1. The molecule has 2 aromatic rings. The second-order valence-corrected chi connectivity index (χ2v) is 9.13. The summed E-state index contributed by atoms with van der Waals surface area (Å²) in [6, 6.07) is 13.8. The van der Waals surface area contributed by atoms with E-state index in [0.717, 1.165) is 11.3 Å². The predicted molar refractivity (Wildman–Crippen MR) is 127 cm³/mol. The molecule has 1 aliphatic rings. The summed E-state index contributed by atoms with van der Waals surface area (Å²) < 4.78 is 10.9. The maximum absolute atomic E-state index is 12.6. The molecule has 0 radical (unpaired) electrons. The third-order valence-corrected chi connectivity index (χ3v) is 5.16. The molecule has 0 bridgehead atoms. The van der Waals surface area contributed by atoms with E-state index in [4.69, 9.17) is 9.47 Å². The van der Waals surface area contributed by atoms with Gasteiger partial charge in [0.15, 0.2) is 0 Å². The third kappa shape index (κ3) is 6.87. The number of carboxylic acids is 1. The van der Waals surface area contributed by atoms with Crippen LogP contribution in [0.25, 0.3) is 0 Å². The third-order valence-electron chi connectivity index (χ3n) is 5.16. The first-order valence-corrected chi connectivity index (χ1v) is 11.1.